The average molecular weight is 229 g/mol. The largest absolute Gasteiger partial charge is 0.461 e. The maximum Gasteiger partial charge on any atom is 0.134 e. The minimum atomic E-state index is 0.312. The van der Waals surface area contributed by atoms with Gasteiger partial charge in [-0.25, -0.2) is 0 Å². The third-order valence-electron chi connectivity index (χ3n) is 4.43. The van der Waals surface area contributed by atoms with Gasteiger partial charge in [-0.3, -0.25) is 0 Å². The molecule has 1 saturated carbocycles. The van der Waals surface area contributed by atoms with Crippen LogP contribution in [0.4, 0.5) is 0 Å². The Bertz CT molecular complexity index is 567. The molecule has 1 aliphatic rings. The van der Waals surface area contributed by atoms with Crippen molar-refractivity contribution >= 4 is 11.0 Å². The van der Waals surface area contributed by atoms with Gasteiger partial charge in [0, 0.05) is 10.9 Å². The number of furan rings is 1. The molecule has 3 rings (SSSR count). The first-order valence-corrected chi connectivity index (χ1v) is 6.25. The number of para-hydroxylation sites is 1. The van der Waals surface area contributed by atoms with Crippen molar-refractivity contribution in [2.45, 2.75) is 26.7 Å². The smallest absolute Gasteiger partial charge is 0.134 e. The predicted octanol–water partition coefficient (Wildman–Crippen LogP) is 3.44. The minimum absolute atomic E-state index is 0.312. The minimum Gasteiger partial charge on any atom is -0.461 e. The van der Waals surface area contributed by atoms with Crippen LogP contribution in [0, 0.1) is 18.3 Å². The first kappa shape index (κ1) is 10.8. The fourth-order valence-electron chi connectivity index (χ4n) is 3.33. The van der Waals surface area contributed by atoms with Crippen LogP contribution in [-0.4, -0.2) is 6.54 Å². The van der Waals surface area contributed by atoms with Gasteiger partial charge in [0.05, 0.1) is 0 Å². The van der Waals surface area contributed by atoms with Crippen LogP contribution in [0.15, 0.2) is 28.7 Å². The third-order valence-corrected chi connectivity index (χ3v) is 4.43. The fourth-order valence-corrected chi connectivity index (χ4v) is 3.33. The first-order valence-electron chi connectivity index (χ1n) is 6.25. The second kappa shape index (κ2) is 3.36. The van der Waals surface area contributed by atoms with Gasteiger partial charge in [0.15, 0.2) is 0 Å². The van der Waals surface area contributed by atoms with Crippen LogP contribution < -0.4 is 5.73 Å². The van der Waals surface area contributed by atoms with Gasteiger partial charge in [-0.05, 0) is 36.8 Å². The van der Waals surface area contributed by atoms with E-state index in [4.69, 9.17) is 10.2 Å². The Kier molecular flexibility index (Phi) is 2.14. The maximum atomic E-state index is 5.87. The maximum absolute atomic E-state index is 5.87. The topological polar surface area (TPSA) is 39.2 Å². The molecule has 1 heterocycles. The number of hydrogen-bond acceptors (Lipinski definition) is 2. The molecule has 0 aliphatic heterocycles. The SMILES string of the molecule is Cc1oc2ccccc2c1C1C(CN)C1(C)C. The van der Waals surface area contributed by atoms with Gasteiger partial charge in [-0.15, -0.1) is 0 Å². The van der Waals surface area contributed by atoms with E-state index >= 15 is 0 Å². The monoisotopic (exact) mass is 229 g/mol. The number of hydrogen-bond donors (Lipinski definition) is 1. The van der Waals surface area contributed by atoms with Gasteiger partial charge < -0.3 is 10.2 Å². The van der Waals surface area contributed by atoms with Crippen molar-refractivity contribution in [1.29, 1.82) is 0 Å². The number of rotatable bonds is 2. The summed E-state index contributed by atoms with van der Waals surface area (Å²) >= 11 is 0. The van der Waals surface area contributed by atoms with E-state index in [0.717, 1.165) is 17.9 Å². The zero-order chi connectivity index (χ0) is 12.2. The molecular formula is C15H19NO. The highest BCUT2D eigenvalue weighted by Crippen LogP contribution is 2.65. The highest BCUT2D eigenvalue weighted by molar-refractivity contribution is 5.83. The van der Waals surface area contributed by atoms with Gasteiger partial charge in [0.2, 0.25) is 0 Å². The van der Waals surface area contributed by atoms with Crippen molar-refractivity contribution < 1.29 is 4.42 Å². The predicted molar refractivity (Wildman–Crippen MR) is 70.0 cm³/mol. The average Bonchev–Trinajstić information content (AvgIpc) is 2.67. The molecule has 0 saturated heterocycles. The van der Waals surface area contributed by atoms with Crippen molar-refractivity contribution in [3.05, 3.63) is 35.6 Å². The molecule has 2 nitrogen and oxygen atoms in total. The summed E-state index contributed by atoms with van der Waals surface area (Å²) in [5.41, 5.74) is 8.56. The second-order valence-corrected chi connectivity index (χ2v) is 5.71. The summed E-state index contributed by atoms with van der Waals surface area (Å²) in [4.78, 5) is 0. The molecule has 1 aliphatic carbocycles. The van der Waals surface area contributed by atoms with Crippen LogP contribution >= 0.6 is 0 Å². The van der Waals surface area contributed by atoms with Gasteiger partial charge in [0.1, 0.15) is 11.3 Å². The molecule has 1 fully saturated rings. The van der Waals surface area contributed by atoms with Crippen molar-refractivity contribution in [3.63, 3.8) is 0 Å². The van der Waals surface area contributed by atoms with Gasteiger partial charge in [0.25, 0.3) is 0 Å². The molecule has 0 bridgehead atoms. The quantitative estimate of drug-likeness (QED) is 0.856. The molecule has 2 unspecified atom stereocenters. The van der Waals surface area contributed by atoms with E-state index in [1.807, 2.05) is 12.1 Å². The molecule has 0 spiro atoms. The van der Waals surface area contributed by atoms with E-state index in [1.54, 1.807) is 0 Å². The summed E-state index contributed by atoms with van der Waals surface area (Å²) in [6.07, 6.45) is 0. The zero-order valence-electron chi connectivity index (χ0n) is 10.7. The Morgan fingerprint density at radius 2 is 2.00 bits per heavy atom. The summed E-state index contributed by atoms with van der Waals surface area (Å²) in [5.74, 6) is 2.19. The molecule has 17 heavy (non-hydrogen) atoms. The molecule has 1 aromatic carbocycles. The Labute approximate surface area is 102 Å². The Hall–Kier alpha value is -1.28. The molecule has 2 aromatic rings. The van der Waals surface area contributed by atoms with Gasteiger partial charge in [-0.2, -0.15) is 0 Å². The molecule has 2 heteroatoms. The summed E-state index contributed by atoms with van der Waals surface area (Å²) < 4.78 is 5.85. The fraction of sp³-hybridized carbons (Fsp3) is 0.467. The molecule has 0 amide bonds. The van der Waals surface area contributed by atoms with Crippen molar-refractivity contribution in [1.82, 2.24) is 0 Å². The summed E-state index contributed by atoms with van der Waals surface area (Å²) in [6.45, 7) is 7.43. The van der Waals surface area contributed by atoms with Crippen molar-refractivity contribution in [2.24, 2.45) is 17.1 Å². The number of nitrogens with two attached hydrogens (primary N) is 1. The number of aryl methyl sites for hydroxylation is 1. The van der Waals surface area contributed by atoms with Crippen LogP contribution in [0.1, 0.15) is 31.1 Å². The van der Waals surface area contributed by atoms with E-state index in [-0.39, 0.29) is 0 Å². The number of fused-ring (bicyclic) bond motifs is 1. The lowest BCUT2D eigenvalue weighted by atomic mass is 10.0. The lowest BCUT2D eigenvalue weighted by Crippen LogP contribution is -2.05. The highest BCUT2D eigenvalue weighted by Gasteiger charge is 2.58. The molecule has 2 atom stereocenters. The summed E-state index contributed by atoms with van der Waals surface area (Å²) in [7, 11) is 0. The van der Waals surface area contributed by atoms with Crippen LogP contribution in [-0.2, 0) is 0 Å². The zero-order valence-corrected chi connectivity index (χ0v) is 10.7. The molecule has 90 valence electrons. The Morgan fingerprint density at radius 1 is 1.29 bits per heavy atom. The lowest BCUT2D eigenvalue weighted by molar-refractivity contribution is 0.550. The standard InChI is InChI=1S/C15H19NO/c1-9-13(14-11(8-16)15(14,2)3)10-6-4-5-7-12(10)17-9/h4-7,11,14H,8,16H2,1-3H3. The van der Waals surface area contributed by atoms with E-state index in [0.29, 0.717) is 17.3 Å². The van der Waals surface area contributed by atoms with Crippen molar-refractivity contribution in [3.8, 4) is 0 Å². The van der Waals surface area contributed by atoms with Crippen LogP contribution in [0.3, 0.4) is 0 Å². The second-order valence-electron chi connectivity index (χ2n) is 5.71. The van der Waals surface area contributed by atoms with Crippen LogP contribution in [0.25, 0.3) is 11.0 Å². The first-order chi connectivity index (χ1) is 8.07. The van der Waals surface area contributed by atoms with Crippen LogP contribution in [0.2, 0.25) is 0 Å². The summed E-state index contributed by atoms with van der Waals surface area (Å²) in [6, 6.07) is 8.29. The van der Waals surface area contributed by atoms with E-state index in [2.05, 4.69) is 32.9 Å². The van der Waals surface area contributed by atoms with Gasteiger partial charge in [-0.1, -0.05) is 32.0 Å². The Morgan fingerprint density at radius 3 is 2.65 bits per heavy atom. The molecule has 0 radical (unpaired) electrons. The highest BCUT2D eigenvalue weighted by atomic mass is 16.3. The van der Waals surface area contributed by atoms with E-state index in [1.165, 1.54) is 10.9 Å². The van der Waals surface area contributed by atoms with E-state index in [9.17, 15) is 0 Å². The molecule has 1 aromatic heterocycles. The Balaban J connectivity index is 2.16. The van der Waals surface area contributed by atoms with Crippen LogP contribution in [0.5, 0.6) is 0 Å². The van der Waals surface area contributed by atoms with Gasteiger partial charge >= 0.3 is 0 Å². The molecule has 2 N–H and O–H groups in total. The van der Waals surface area contributed by atoms with E-state index < -0.39 is 0 Å². The third kappa shape index (κ3) is 1.37. The summed E-state index contributed by atoms with van der Waals surface area (Å²) in [5, 5.41) is 1.26. The normalized spacial score (nSPS) is 26.4. The van der Waals surface area contributed by atoms with Crippen molar-refractivity contribution in [2.75, 3.05) is 6.54 Å². The lowest BCUT2D eigenvalue weighted by Gasteiger charge is -2.02. The number of benzene rings is 1. The molecular weight excluding hydrogens is 210 g/mol.